The van der Waals surface area contributed by atoms with Gasteiger partial charge in [0, 0.05) is 9.26 Å². The van der Waals surface area contributed by atoms with Crippen LogP contribution in [0, 0.1) is 3.57 Å². The number of hydrogen-bond donors (Lipinski definition) is 1. The van der Waals surface area contributed by atoms with Crippen molar-refractivity contribution < 1.29 is 0 Å². The average Bonchev–Trinajstić information content (AvgIpc) is 1.98. The molecule has 1 aromatic rings. The zero-order valence-corrected chi connectivity index (χ0v) is 8.34. The van der Waals surface area contributed by atoms with Crippen LogP contribution in [0.1, 0.15) is 5.56 Å². The van der Waals surface area contributed by atoms with Crippen molar-refractivity contribution in [1.29, 1.82) is 0 Å². The molecular weight excluding hydrogens is 249 g/mol. The maximum absolute atomic E-state index is 5.72. The van der Waals surface area contributed by atoms with Gasteiger partial charge in [-0.15, -0.1) is 6.58 Å². The van der Waals surface area contributed by atoms with Crippen LogP contribution in [0.2, 0.25) is 0 Å². The second-order valence-electron chi connectivity index (χ2n) is 2.34. The number of nitrogens with two attached hydrogens (primary N) is 1. The molecule has 0 saturated heterocycles. The van der Waals surface area contributed by atoms with E-state index >= 15 is 0 Å². The van der Waals surface area contributed by atoms with Crippen molar-refractivity contribution >= 4 is 28.3 Å². The second kappa shape index (κ2) is 3.76. The fraction of sp³-hybridized carbons (Fsp3) is 0.111. The molecule has 0 spiro atoms. The average molecular weight is 259 g/mol. The molecule has 58 valence electrons. The Kier molecular flexibility index (Phi) is 2.93. The zero-order chi connectivity index (χ0) is 8.27. The molecule has 0 saturated carbocycles. The monoisotopic (exact) mass is 259 g/mol. The molecule has 1 nitrogen and oxygen atoms in total. The van der Waals surface area contributed by atoms with E-state index in [2.05, 4.69) is 35.2 Å². The first-order valence-corrected chi connectivity index (χ1v) is 4.46. The van der Waals surface area contributed by atoms with Gasteiger partial charge in [-0.1, -0.05) is 6.08 Å². The maximum Gasteiger partial charge on any atom is 0.0350 e. The second-order valence-corrected chi connectivity index (χ2v) is 3.58. The highest BCUT2D eigenvalue weighted by atomic mass is 127. The lowest BCUT2D eigenvalue weighted by atomic mass is 10.1. The van der Waals surface area contributed by atoms with E-state index in [1.165, 1.54) is 3.57 Å². The number of rotatable bonds is 2. The lowest BCUT2D eigenvalue weighted by molar-refractivity contribution is 1.27. The van der Waals surface area contributed by atoms with E-state index < -0.39 is 0 Å². The molecule has 11 heavy (non-hydrogen) atoms. The Bertz CT molecular complexity index is 268. The first-order chi connectivity index (χ1) is 5.24. The first-order valence-electron chi connectivity index (χ1n) is 3.39. The predicted molar refractivity (Wildman–Crippen MR) is 57.5 cm³/mol. The Labute approximate surface area is 80.4 Å². The SMILES string of the molecule is C=CCc1cc(I)ccc1N. The zero-order valence-electron chi connectivity index (χ0n) is 6.18. The summed E-state index contributed by atoms with van der Waals surface area (Å²) in [4.78, 5) is 0. The molecule has 2 N–H and O–H groups in total. The molecule has 0 aliphatic rings. The van der Waals surface area contributed by atoms with E-state index in [-0.39, 0.29) is 0 Å². The molecule has 0 atom stereocenters. The lowest BCUT2D eigenvalue weighted by Crippen LogP contribution is -1.92. The number of anilines is 1. The molecule has 0 aliphatic heterocycles. The van der Waals surface area contributed by atoms with Crippen molar-refractivity contribution in [2.24, 2.45) is 0 Å². The van der Waals surface area contributed by atoms with Crippen LogP contribution in [-0.2, 0) is 6.42 Å². The number of nitrogen functional groups attached to an aromatic ring is 1. The quantitative estimate of drug-likeness (QED) is 0.493. The summed E-state index contributed by atoms with van der Waals surface area (Å²) in [7, 11) is 0. The molecule has 2 heteroatoms. The van der Waals surface area contributed by atoms with Gasteiger partial charge in [0.1, 0.15) is 0 Å². The number of benzene rings is 1. The van der Waals surface area contributed by atoms with E-state index in [0.29, 0.717) is 0 Å². The summed E-state index contributed by atoms with van der Waals surface area (Å²) in [5.74, 6) is 0. The minimum Gasteiger partial charge on any atom is -0.398 e. The third kappa shape index (κ3) is 2.22. The van der Waals surface area contributed by atoms with E-state index in [0.717, 1.165) is 17.7 Å². The van der Waals surface area contributed by atoms with Crippen LogP contribution < -0.4 is 5.73 Å². The third-order valence-electron chi connectivity index (χ3n) is 1.47. The Morgan fingerprint density at radius 3 is 2.91 bits per heavy atom. The van der Waals surface area contributed by atoms with Gasteiger partial charge in [0.15, 0.2) is 0 Å². The number of hydrogen-bond acceptors (Lipinski definition) is 1. The summed E-state index contributed by atoms with van der Waals surface area (Å²) in [6.45, 7) is 3.67. The van der Waals surface area contributed by atoms with E-state index in [1.807, 2.05) is 18.2 Å². The lowest BCUT2D eigenvalue weighted by Gasteiger charge is -2.01. The molecule has 0 unspecified atom stereocenters. The largest absolute Gasteiger partial charge is 0.398 e. The Morgan fingerprint density at radius 1 is 1.55 bits per heavy atom. The number of halogens is 1. The van der Waals surface area contributed by atoms with Gasteiger partial charge in [-0.05, 0) is 52.8 Å². The van der Waals surface area contributed by atoms with Crippen LogP contribution in [0.4, 0.5) is 5.69 Å². The van der Waals surface area contributed by atoms with Crippen molar-refractivity contribution in [3.8, 4) is 0 Å². The summed E-state index contributed by atoms with van der Waals surface area (Å²) in [6, 6.07) is 6.01. The highest BCUT2D eigenvalue weighted by molar-refractivity contribution is 14.1. The molecule has 1 rings (SSSR count). The van der Waals surface area contributed by atoms with Crippen LogP contribution >= 0.6 is 22.6 Å². The van der Waals surface area contributed by atoms with Gasteiger partial charge in [0.05, 0.1) is 0 Å². The number of allylic oxidation sites excluding steroid dienone is 1. The van der Waals surface area contributed by atoms with Crippen molar-refractivity contribution in [3.05, 3.63) is 40.0 Å². The van der Waals surface area contributed by atoms with Gasteiger partial charge in [-0.3, -0.25) is 0 Å². The highest BCUT2D eigenvalue weighted by Gasteiger charge is 1.96. The fourth-order valence-corrected chi connectivity index (χ4v) is 1.46. The Balaban J connectivity index is 3.01. The van der Waals surface area contributed by atoms with Crippen LogP contribution in [0.25, 0.3) is 0 Å². The van der Waals surface area contributed by atoms with Gasteiger partial charge < -0.3 is 5.73 Å². The molecule has 1 aromatic carbocycles. The molecule has 0 fully saturated rings. The van der Waals surface area contributed by atoms with E-state index in [4.69, 9.17) is 5.73 Å². The van der Waals surface area contributed by atoms with Crippen LogP contribution in [0.5, 0.6) is 0 Å². The highest BCUT2D eigenvalue weighted by Crippen LogP contribution is 2.16. The van der Waals surface area contributed by atoms with Crippen molar-refractivity contribution in [1.82, 2.24) is 0 Å². The van der Waals surface area contributed by atoms with Crippen molar-refractivity contribution in [2.45, 2.75) is 6.42 Å². The van der Waals surface area contributed by atoms with Crippen LogP contribution in [-0.4, -0.2) is 0 Å². The normalized spacial score (nSPS) is 9.55. The smallest absolute Gasteiger partial charge is 0.0350 e. The molecular formula is C9H10IN. The van der Waals surface area contributed by atoms with Crippen molar-refractivity contribution in [2.75, 3.05) is 5.73 Å². The van der Waals surface area contributed by atoms with Crippen LogP contribution in [0.15, 0.2) is 30.9 Å². The van der Waals surface area contributed by atoms with Gasteiger partial charge in [0.2, 0.25) is 0 Å². The first kappa shape index (κ1) is 8.59. The van der Waals surface area contributed by atoms with E-state index in [1.54, 1.807) is 0 Å². The van der Waals surface area contributed by atoms with Crippen LogP contribution in [0.3, 0.4) is 0 Å². The molecule has 0 bridgehead atoms. The predicted octanol–water partition coefficient (Wildman–Crippen LogP) is 2.60. The third-order valence-corrected chi connectivity index (χ3v) is 2.14. The summed E-state index contributed by atoms with van der Waals surface area (Å²) >= 11 is 2.27. The fourth-order valence-electron chi connectivity index (χ4n) is 0.907. The van der Waals surface area contributed by atoms with Gasteiger partial charge in [0.25, 0.3) is 0 Å². The van der Waals surface area contributed by atoms with Gasteiger partial charge in [-0.2, -0.15) is 0 Å². The summed E-state index contributed by atoms with van der Waals surface area (Å²) in [5, 5.41) is 0. The molecule has 0 radical (unpaired) electrons. The molecule has 0 aromatic heterocycles. The minimum absolute atomic E-state index is 0.850. The summed E-state index contributed by atoms with van der Waals surface area (Å²) < 4.78 is 1.22. The minimum atomic E-state index is 0.850. The Hall–Kier alpha value is -0.510. The topological polar surface area (TPSA) is 26.0 Å². The Morgan fingerprint density at radius 2 is 2.27 bits per heavy atom. The summed E-state index contributed by atoms with van der Waals surface area (Å²) in [5.41, 5.74) is 7.74. The van der Waals surface area contributed by atoms with Crippen molar-refractivity contribution in [3.63, 3.8) is 0 Å². The maximum atomic E-state index is 5.72. The van der Waals surface area contributed by atoms with Gasteiger partial charge >= 0.3 is 0 Å². The van der Waals surface area contributed by atoms with E-state index in [9.17, 15) is 0 Å². The molecule has 0 amide bonds. The standard InChI is InChI=1S/C9H10IN/c1-2-3-7-6-8(10)4-5-9(7)11/h2,4-6H,1,3,11H2. The molecule has 0 heterocycles. The van der Waals surface area contributed by atoms with Gasteiger partial charge in [-0.25, -0.2) is 0 Å². The summed E-state index contributed by atoms with van der Waals surface area (Å²) in [6.07, 6.45) is 2.71. The molecule has 0 aliphatic carbocycles.